The minimum atomic E-state index is -0.747. The predicted octanol–water partition coefficient (Wildman–Crippen LogP) is 7.19. The number of unbranched alkanes of at least 4 members (excludes halogenated alkanes) is 2. The molecule has 8 heteroatoms. The number of carbonyl (C=O) groups excluding carboxylic acids is 2. The summed E-state index contributed by atoms with van der Waals surface area (Å²) in [5.41, 5.74) is 0.469. The first-order valence-corrected chi connectivity index (χ1v) is 15.2. The van der Waals surface area contributed by atoms with Crippen molar-refractivity contribution in [1.82, 2.24) is 0 Å². The average Bonchev–Trinajstić information content (AvgIpc) is 2.95. The van der Waals surface area contributed by atoms with Gasteiger partial charge in [0, 0.05) is 13.2 Å². The third-order valence-corrected chi connectivity index (χ3v) is 6.83. The second kappa shape index (κ2) is 22.7. The molecule has 1 rings (SSSR count). The second-order valence-corrected chi connectivity index (χ2v) is 10.3. The molecule has 0 aliphatic rings. The molecule has 230 valence electrons. The highest BCUT2D eigenvalue weighted by molar-refractivity contribution is 5.95. The van der Waals surface area contributed by atoms with Crippen LogP contribution in [0, 0.1) is 11.8 Å². The van der Waals surface area contributed by atoms with Crippen molar-refractivity contribution in [2.45, 2.75) is 105 Å². The molecule has 0 saturated heterocycles. The van der Waals surface area contributed by atoms with Crippen LogP contribution >= 0.6 is 0 Å². The van der Waals surface area contributed by atoms with E-state index in [9.17, 15) is 9.59 Å². The molecular weight excluding hydrogens is 512 g/mol. The lowest BCUT2D eigenvalue weighted by Gasteiger charge is -2.17. The van der Waals surface area contributed by atoms with Crippen LogP contribution in [0.5, 0.6) is 0 Å². The Morgan fingerprint density at radius 1 is 0.675 bits per heavy atom. The summed E-state index contributed by atoms with van der Waals surface area (Å²) in [5.74, 6) is -0.0353. The van der Waals surface area contributed by atoms with E-state index in [1.165, 1.54) is 44.6 Å². The largest absolute Gasteiger partial charge is 0.432 e. The molecule has 0 spiro atoms. The lowest BCUT2D eigenvalue weighted by Crippen LogP contribution is -2.22. The monoisotopic (exact) mass is 566 g/mol. The van der Waals surface area contributed by atoms with Gasteiger partial charge in [0.05, 0.1) is 37.6 Å². The van der Waals surface area contributed by atoms with Crippen molar-refractivity contribution in [2.24, 2.45) is 11.8 Å². The molecule has 1 aromatic rings. The number of rotatable bonds is 24. The molecule has 0 saturated carbocycles. The zero-order valence-corrected chi connectivity index (χ0v) is 25.8. The summed E-state index contributed by atoms with van der Waals surface area (Å²) in [6, 6.07) is 6.21. The first kappa shape index (κ1) is 36.0. The van der Waals surface area contributed by atoms with Crippen molar-refractivity contribution in [3.05, 3.63) is 35.4 Å². The zero-order valence-electron chi connectivity index (χ0n) is 25.8. The normalized spacial score (nSPS) is 14.3. The lowest BCUT2D eigenvalue weighted by atomic mass is 10.0. The molecule has 0 radical (unpaired) electrons. The molecule has 0 fully saturated rings. The van der Waals surface area contributed by atoms with Crippen molar-refractivity contribution in [3.63, 3.8) is 0 Å². The van der Waals surface area contributed by atoms with E-state index >= 15 is 0 Å². The van der Waals surface area contributed by atoms with Gasteiger partial charge in [0.15, 0.2) is 0 Å². The molecule has 0 heterocycles. The fourth-order valence-electron chi connectivity index (χ4n) is 4.12. The molecule has 0 amide bonds. The van der Waals surface area contributed by atoms with E-state index < -0.39 is 24.5 Å². The predicted molar refractivity (Wildman–Crippen MR) is 156 cm³/mol. The molecule has 0 aliphatic carbocycles. The van der Waals surface area contributed by atoms with Crippen LogP contribution in [0.4, 0.5) is 0 Å². The van der Waals surface area contributed by atoms with Crippen LogP contribution < -0.4 is 0 Å². The number of esters is 2. The molecule has 4 unspecified atom stereocenters. The van der Waals surface area contributed by atoms with Crippen LogP contribution in [0.15, 0.2) is 24.3 Å². The first-order valence-electron chi connectivity index (χ1n) is 15.2. The van der Waals surface area contributed by atoms with Gasteiger partial charge in [0.1, 0.15) is 0 Å². The Kier molecular flexibility index (Phi) is 20.4. The maximum atomic E-state index is 12.6. The first-order chi connectivity index (χ1) is 19.3. The van der Waals surface area contributed by atoms with Gasteiger partial charge in [-0.3, -0.25) is 0 Å². The molecule has 0 aromatic heterocycles. The second-order valence-electron chi connectivity index (χ2n) is 10.3. The summed E-state index contributed by atoms with van der Waals surface area (Å²) in [6.07, 6.45) is 7.86. The number of benzene rings is 1. The van der Waals surface area contributed by atoms with Crippen molar-refractivity contribution in [1.29, 1.82) is 0 Å². The molecular formula is C32H54O8. The maximum absolute atomic E-state index is 12.6. The third kappa shape index (κ3) is 16.3. The Labute approximate surface area is 242 Å². The van der Waals surface area contributed by atoms with Gasteiger partial charge in [0.2, 0.25) is 12.6 Å². The Hall–Kier alpha value is -2.00. The van der Waals surface area contributed by atoms with E-state index in [-0.39, 0.29) is 11.1 Å². The van der Waals surface area contributed by atoms with Gasteiger partial charge in [-0.1, -0.05) is 72.3 Å². The van der Waals surface area contributed by atoms with Gasteiger partial charge in [-0.25, -0.2) is 9.59 Å². The van der Waals surface area contributed by atoms with Gasteiger partial charge >= 0.3 is 11.9 Å². The van der Waals surface area contributed by atoms with E-state index in [1.807, 2.05) is 0 Å². The van der Waals surface area contributed by atoms with Crippen molar-refractivity contribution in [3.8, 4) is 0 Å². The van der Waals surface area contributed by atoms with Gasteiger partial charge in [-0.15, -0.1) is 0 Å². The van der Waals surface area contributed by atoms with Gasteiger partial charge in [0.25, 0.3) is 0 Å². The Balaban J connectivity index is 2.35. The van der Waals surface area contributed by atoms with Gasteiger partial charge < -0.3 is 28.4 Å². The summed E-state index contributed by atoms with van der Waals surface area (Å²) >= 11 is 0. The SMILES string of the molecule is CCCCC(CC)COCCOC(C)OC(=O)c1cccc(C(=O)OC(C)OCCOCC(CC)CCCC)c1. The summed E-state index contributed by atoms with van der Waals surface area (Å²) < 4.78 is 33.3. The van der Waals surface area contributed by atoms with E-state index in [0.717, 1.165) is 12.8 Å². The van der Waals surface area contributed by atoms with Crippen LogP contribution in [0.3, 0.4) is 0 Å². The van der Waals surface area contributed by atoms with E-state index in [2.05, 4.69) is 27.7 Å². The molecule has 0 bridgehead atoms. The highest BCUT2D eigenvalue weighted by atomic mass is 16.7. The molecule has 40 heavy (non-hydrogen) atoms. The van der Waals surface area contributed by atoms with Crippen LogP contribution in [-0.2, 0) is 28.4 Å². The Morgan fingerprint density at radius 2 is 1.10 bits per heavy atom. The Bertz CT molecular complexity index is 738. The third-order valence-electron chi connectivity index (χ3n) is 6.83. The molecule has 1 aromatic carbocycles. The number of ether oxygens (including phenoxy) is 6. The van der Waals surface area contributed by atoms with Gasteiger partial charge in [-0.2, -0.15) is 0 Å². The van der Waals surface area contributed by atoms with Crippen LogP contribution in [-0.4, -0.2) is 64.2 Å². The molecule has 0 N–H and O–H groups in total. The fraction of sp³-hybridized carbons (Fsp3) is 0.750. The summed E-state index contributed by atoms with van der Waals surface area (Å²) in [6.45, 7) is 15.0. The maximum Gasteiger partial charge on any atom is 0.340 e. The molecule has 8 nitrogen and oxygen atoms in total. The highest BCUT2D eigenvalue weighted by Crippen LogP contribution is 2.15. The topological polar surface area (TPSA) is 89.5 Å². The number of carbonyl (C=O) groups is 2. The average molecular weight is 567 g/mol. The Morgan fingerprint density at radius 3 is 1.48 bits per heavy atom. The van der Waals surface area contributed by atoms with Gasteiger partial charge in [-0.05, 0) is 56.7 Å². The standard InChI is InChI=1S/C32H54O8/c1-7-11-14-27(9-3)23-35-18-20-37-25(5)39-31(33)29-16-13-17-30(22-29)32(34)40-26(6)38-21-19-36-24-28(10-4)15-12-8-2/h13,16-17,22,25-28H,7-12,14-15,18-21,23-24H2,1-6H3. The van der Waals surface area contributed by atoms with Crippen LogP contribution in [0.1, 0.15) is 114 Å². The van der Waals surface area contributed by atoms with Crippen molar-refractivity contribution in [2.75, 3.05) is 39.6 Å². The smallest absolute Gasteiger partial charge is 0.340 e. The summed E-state index contributed by atoms with van der Waals surface area (Å²) in [4.78, 5) is 25.2. The van der Waals surface area contributed by atoms with Crippen molar-refractivity contribution < 1.29 is 38.0 Å². The fourth-order valence-corrected chi connectivity index (χ4v) is 4.12. The minimum Gasteiger partial charge on any atom is -0.432 e. The summed E-state index contributed by atoms with van der Waals surface area (Å²) in [7, 11) is 0. The number of hydrogen-bond donors (Lipinski definition) is 0. The van der Waals surface area contributed by atoms with E-state index in [4.69, 9.17) is 28.4 Å². The molecule has 0 aliphatic heterocycles. The minimum absolute atomic E-state index is 0.235. The van der Waals surface area contributed by atoms with Crippen LogP contribution in [0.2, 0.25) is 0 Å². The molecule has 4 atom stereocenters. The number of hydrogen-bond acceptors (Lipinski definition) is 8. The summed E-state index contributed by atoms with van der Waals surface area (Å²) in [5, 5.41) is 0. The lowest BCUT2D eigenvalue weighted by molar-refractivity contribution is -0.111. The van der Waals surface area contributed by atoms with Crippen LogP contribution in [0.25, 0.3) is 0 Å². The van der Waals surface area contributed by atoms with E-state index in [0.29, 0.717) is 51.5 Å². The highest BCUT2D eigenvalue weighted by Gasteiger charge is 2.17. The quantitative estimate of drug-likeness (QED) is 0.0738. The van der Waals surface area contributed by atoms with E-state index in [1.54, 1.807) is 32.0 Å². The zero-order chi connectivity index (χ0) is 29.6. The van der Waals surface area contributed by atoms with Crippen molar-refractivity contribution >= 4 is 11.9 Å².